The fourth-order valence-corrected chi connectivity index (χ4v) is 5.48. The van der Waals surface area contributed by atoms with Gasteiger partial charge in [-0.25, -0.2) is 18.3 Å². The molecule has 0 aliphatic carbocycles. The molecule has 11 atom stereocenters. The molecular formula is C15H23FN2O16P2. The van der Waals surface area contributed by atoms with Gasteiger partial charge in [0.2, 0.25) is 0 Å². The Kier molecular flexibility index (Phi) is 9.02. The van der Waals surface area contributed by atoms with Crippen LogP contribution in [-0.2, 0) is 32.0 Å². The highest BCUT2D eigenvalue weighted by molar-refractivity contribution is 7.61. The van der Waals surface area contributed by atoms with Crippen LogP contribution in [0.3, 0.4) is 0 Å². The van der Waals surface area contributed by atoms with E-state index in [1.54, 1.807) is 0 Å². The van der Waals surface area contributed by atoms with Crippen molar-refractivity contribution >= 4 is 15.6 Å². The van der Waals surface area contributed by atoms with E-state index in [0.717, 1.165) is 12.3 Å². The molecule has 21 heteroatoms. The van der Waals surface area contributed by atoms with Crippen LogP contribution in [0.5, 0.6) is 0 Å². The highest BCUT2D eigenvalue weighted by Gasteiger charge is 2.50. The zero-order chi connectivity index (χ0) is 27.0. The number of aliphatic hydroxyl groups excluding tert-OH is 5. The molecule has 2 saturated heterocycles. The first-order valence-electron chi connectivity index (χ1n) is 9.95. The molecule has 1 aromatic rings. The number of hydrogen-bond donors (Lipinski definition) is 8. The van der Waals surface area contributed by atoms with Crippen LogP contribution in [0.4, 0.5) is 4.39 Å². The Bertz CT molecular complexity index is 1130. The van der Waals surface area contributed by atoms with E-state index >= 15 is 0 Å². The van der Waals surface area contributed by atoms with Crippen LogP contribution in [0.1, 0.15) is 6.23 Å². The Morgan fingerprint density at radius 2 is 1.67 bits per heavy atom. The zero-order valence-corrected chi connectivity index (χ0v) is 19.6. The van der Waals surface area contributed by atoms with Crippen molar-refractivity contribution in [2.75, 3.05) is 13.2 Å². The summed E-state index contributed by atoms with van der Waals surface area (Å²) < 4.78 is 61.7. The number of aromatic nitrogens is 2. The number of halogens is 1. The summed E-state index contributed by atoms with van der Waals surface area (Å²) in [6, 6.07) is 0.920. The van der Waals surface area contributed by atoms with Gasteiger partial charge in [-0.3, -0.25) is 23.4 Å². The van der Waals surface area contributed by atoms with Crippen molar-refractivity contribution in [2.45, 2.75) is 55.3 Å². The van der Waals surface area contributed by atoms with E-state index in [4.69, 9.17) is 14.6 Å². The summed E-state index contributed by atoms with van der Waals surface area (Å²) in [7, 11) is -11.2. The first-order chi connectivity index (χ1) is 16.7. The molecule has 2 unspecified atom stereocenters. The van der Waals surface area contributed by atoms with Gasteiger partial charge in [0.1, 0.15) is 36.6 Å². The van der Waals surface area contributed by atoms with E-state index in [9.17, 15) is 53.3 Å². The third-order valence-corrected chi connectivity index (χ3v) is 7.71. The first kappa shape index (κ1) is 29.2. The number of H-pyrrole nitrogens is 1. The molecule has 0 bridgehead atoms. The molecule has 3 rings (SSSR count). The van der Waals surface area contributed by atoms with Crippen LogP contribution in [0.2, 0.25) is 0 Å². The maximum absolute atomic E-state index is 13.9. The third kappa shape index (κ3) is 6.53. The fraction of sp³-hybridized carbons (Fsp3) is 0.733. The summed E-state index contributed by atoms with van der Waals surface area (Å²) in [6.45, 7) is -2.03. The topological polar surface area (TPSA) is 277 Å². The summed E-state index contributed by atoms with van der Waals surface area (Å²) >= 11 is 0. The molecule has 0 spiro atoms. The maximum atomic E-state index is 13.9. The Hall–Kier alpha value is -1.41. The van der Waals surface area contributed by atoms with Gasteiger partial charge in [0.25, 0.3) is 5.56 Å². The average molecular weight is 567 g/mol. The first-order valence-corrected chi connectivity index (χ1v) is 12.9. The van der Waals surface area contributed by atoms with Gasteiger partial charge in [0.05, 0.1) is 13.2 Å². The smallest absolute Gasteiger partial charge is 0.394 e. The van der Waals surface area contributed by atoms with Crippen LogP contribution in [0, 0.1) is 0 Å². The number of aromatic amines is 1. The Balaban J connectivity index is 1.61. The molecule has 2 aliphatic heterocycles. The van der Waals surface area contributed by atoms with E-state index in [0.29, 0.717) is 4.57 Å². The predicted octanol–water partition coefficient (Wildman–Crippen LogP) is -3.82. The molecule has 18 nitrogen and oxygen atoms in total. The number of phosphoric ester groups is 2. The molecule has 8 N–H and O–H groups in total. The number of phosphoric acid groups is 2. The Labute approximate surface area is 199 Å². The van der Waals surface area contributed by atoms with Crippen molar-refractivity contribution in [3.8, 4) is 0 Å². The lowest BCUT2D eigenvalue weighted by atomic mass is 10.0. The highest BCUT2D eigenvalue weighted by atomic mass is 31.3. The zero-order valence-electron chi connectivity index (χ0n) is 17.8. The van der Waals surface area contributed by atoms with Crippen LogP contribution in [0.25, 0.3) is 0 Å². The maximum Gasteiger partial charge on any atom is 0.483 e. The number of hydrogen-bond acceptors (Lipinski definition) is 14. The van der Waals surface area contributed by atoms with Crippen molar-refractivity contribution in [1.82, 2.24) is 9.55 Å². The van der Waals surface area contributed by atoms with Crippen molar-refractivity contribution in [1.29, 1.82) is 0 Å². The molecule has 36 heavy (non-hydrogen) atoms. The second-order valence-corrected chi connectivity index (χ2v) is 10.6. The second kappa shape index (κ2) is 11.1. The summed E-state index contributed by atoms with van der Waals surface area (Å²) in [4.78, 5) is 44.4. The van der Waals surface area contributed by atoms with E-state index in [-0.39, 0.29) is 0 Å². The summed E-state index contributed by atoms with van der Waals surface area (Å²) in [5.74, 6) is 0. The van der Waals surface area contributed by atoms with E-state index in [2.05, 4.69) is 13.4 Å². The number of aliphatic hydroxyl groups is 5. The molecule has 0 amide bonds. The van der Waals surface area contributed by atoms with Gasteiger partial charge >= 0.3 is 21.3 Å². The lowest BCUT2D eigenvalue weighted by molar-refractivity contribution is -0.268. The molecule has 1 aromatic heterocycles. The number of rotatable bonds is 9. The standard InChI is InChI=1S/C15H23FN2O16P2/c16-8-9(21)5(3-19)32-14(11(8)23)33-36(28,29)34-35(26,27)30-4-6-10(22)12(24)13(31-6)18-2-1-7(20)17-15(18)25/h1-2,5-6,8-14,19,21-24H,3-4H2,(H,26,27)(H,28,29)(H,17,20,25)/t5-,6-,8+,9-,10-,11-,12-,13-,14-/m1/s1/i16-1. The number of ether oxygens (including phenoxy) is 2. The van der Waals surface area contributed by atoms with Crippen molar-refractivity contribution in [2.24, 2.45) is 0 Å². The summed E-state index contributed by atoms with van der Waals surface area (Å²) in [5.41, 5.74) is -1.76. The minimum absolute atomic E-state index is 0.713. The van der Waals surface area contributed by atoms with Gasteiger partial charge in [0.15, 0.2) is 18.7 Å². The van der Waals surface area contributed by atoms with Crippen LogP contribution < -0.4 is 11.2 Å². The molecule has 0 radical (unpaired) electrons. The largest absolute Gasteiger partial charge is 0.483 e. The molecule has 206 valence electrons. The minimum atomic E-state index is -5.65. The van der Waals surface area contributed by atoms with E-state index in [1.807, 2.05) is 4.98 Å². The number of nitrogens with one attached hydrogen (secondary N) is 1. The quantitative estimate of drug-likeness (QED) is 0.133. The molecule has 2 aliphatic rings. The Morgan fingerprint density at radius 1 is 1.00 bits per heavy atom. The molecular weight excluding hydrogens is 544 g/mol. The minimum Gasteiger partial charge on any atom is -0.394 e. The summed E-state index contributed by atoms with van der Waals surface area (Å²) in [5, 5.41) is 48.5. The van der Waals surface area contributed by atoms with Gasteiger partial charge < -0.3 is 44.8 Å². The monoisotopic (exact) mass is 567 g/mol. The van der Waals surface area contributed by atoms with E-state index < -0.39 is 95.4 Å². The third-order valence-electron chi connectivity index (χ3n) is 5.11. The molecule has 2 fully saturated rings. The Morgan fingerprint density at radius 3 is 2.28 bits per heavy atom. The van der Waals surface area contributed by atoms with Crippen LogP contribution >= 0.6 is 15.6 Å². The van der Waals surface area contributed by atoms with Crippen molar-refractivity contribution < 1.29 is 71.7 Å². The number of alkyl halides is 1. The fourth-order valence-electron chi connectivity index (χ4n) is 3.33. The van der Waals surface area contributed by atoms with Crippen molar-refractivity contribution in [3.05, 3.63) is 33.1 Å². The predicted molar refractivity (Wildman–Crippen MR) is 108 cm³/mol. The second-order valence-electron chi connectivity index (χ2n) is 7.63. The van der Waals surface area contributed by atoms with Gasteiger partial charge in [-0.05, 0) is 0 Å². The summed E-state index contributed by atoms with van der Waals surface area (Å²) in [6.07, 6.45) is -16.6. The normalized spacial score (nSPS) is 38.4. The van der Waals surface area contributed by atoms with Crippen LogP contribution in [0.15, 0.2) is 21.9 Å². The van der Waals surface area contributed by atoms with Crippen LogP contribution in [-0.4, -0.2) is 107 Å². The molecule has 3 heterocycles. The SMILES string of the molecule is O=c1ccn([C@@H]2O[C@H](COP(=O)(O)OP(=O)(O)O[C@H]3O[C@H](CO)[C@@H](O)[C@H]([18F])[C@H]3O)[C@@H](O)[C@H]2O)c(=O)[nH]1. The highest BCUT2D eigenvalue weighted by Crippen LogP contribution is 2.61. The van der Waals surface area contributed by atoms with Gasteiger partial charge in [0, 0.05) is 12.3 Å². The lowest BCUT2D eigenvalue weighted by Crippen LogP contribution is -2.57. The van der Waals surface area contributed by atoms with Gasteiger partial charge in [-0.2, -0.15) is 4.31 Å². The van der Waals surface area contributed by atoms with Gasteiger partial charge in [-0.1, -0.05) is 0 Å². The van der Waals surface area contributed by atoms with E-state index in [1.165, 1.54) is 0 Å². The molecule has 0 aromatic carbocycles. The lowest BCUT2D eigenvalue weighted by Gasteiger charge is -2.38. The van der Waals surface area contributed by atoms with Crippen molar-refractivity contribution in [3.63, 3.8) is 0 Å². The number of nitrogens with zero attached hydrogens (tertiary/aromatic N) is 1. The average Bonchev–Trinajstić information content (AvgIpc) is 3.06. The van der Waals surface area contributed by atoms with Gasteiger partial charge in [-0.15, -0.1) is 0 Å². The molecule has 0 saturated carbocycles.